The summed E-state index contributed by atoms with van der Waals surface area (Å²) < 4.78 is 25.0. The lowest BCUT2D eigenvalue weighted by Gasteiger charge is -2.21. The van der Waals surface area contributed by atoms with Gasteiger partial charge in [-0.2, -0.15) is 11.8 Å². The Balaban J connectivity index is 1.83. The van der Waals surface area contributed by atoms with Gasteiger partial charge in [0.1, 0.15) is 6.54 Å². The summed E-state index contributed by atoms with van der Waals surface area (Å²) >= 11 is 1.76. The van der Waals surface area contributed by atoms with E-state index in [2.05, 4.69) is 17.4 Å². The van der Waals surface area contributed by atoms with Gasteiger partial charge in [-0.15, -0.1) is 0 Å². The first kappa shape index (κ1) is 22.7. The molecule has 1 N–H and O–H groups in total. The van der Waals surface area contributed by atoms with Crippen molar-refractivity contribution < 1.29 is 18.1 Å². The minimum absolute atomic E-state index is 0.0790. The van der Waals surface area contributed by atoms with Gasteiger partial charge >= 0.3 is 0 Å². The van der Waals surface area contributed by atoms with Crippen LogP contribution in [-0.2, 0) is 20.6 Å². The van der Waals surface area contributed by atoms with E-state index in [9.17, 15) is 23.3 Å². The number of sulfonamides is 1. The van der Waals surface area contributed by atoms with Crippen molar-refractivity contribution in [1.29, 1.82) is 0 Å². The number of hydrogen-bond donors (Lipinski definition) is 1. The van der Waals surface area contributed by atoms with Gasteiger partial charge in [0.15, 0.2) is 0 Å². The van der Waals surface area contributed by atoms with Crippen LogP contribution in [-0.4, -0.2) is 44.3 Å². The number of nitro groups is 1. The highest BCUT2D eigenvalue weighted by Gasteiger charge is 2.22. The molecule has 0 saturated carbocycles. The monoisotopic (exact) mass is 437 g/mol. The number of benzene rings is 2. The molecule has 29 heavy (non-hydrogen) atoms. The molecule has 0 fully saturated rings. The average molecular weight is 438 g/mol. The molecular formula is C19H23N3O5S2. The number of hydrogen-bond acceptors (Lipinski definition) is 6. The minimum atomic E-state index is -3.78. The Morgan fingerprint density at radius 1 is 1.17 bits per heavy atom. The van der Waals surface area contributed by atoms with E-state index in [1.807, 2.05) is 18.2 Å². The van der Waals surface area contributed by atoms with Gasteiger partial charge in [0.2, 0.25) is 15.9 Å². The molecule has 0 saturated heterocycles. The highest BCUT2D eigenvalue weighted by Crippen LogP contribution is 2.22. The molecule has 0 atom stereocenters. The SMILES string of the molecule is CS(=O)(=O)N(CC(=O)NCCCSCc1ccccc1)c1cccc([N+](=O)[O-])c1. The van der Waals surface area contributed by atoms with Crippen LogP contribution in [0.1, 0.15) is 12.0 Å². The Bertz CT molecular complexity index is 936. The van der Waals surface area contributed by atoms with E-state index >= 15 is 0 Å². The maximum atomic E-state index is 12.2. The maximum absolute atomic E-state index is 12.2. The van der Waals surface area contributed by atoms with E-state index in [1.54, 1.807) is 11.8 Å². The Morgan fingerprint density at radius 3 is 2.55 bits per heavy atom. The molecule has 1 amide bonds. The molecule has 0 bridgehead atoms. The van der Waals surface area contributed by atoms with E-state index in [1.165, 1.54) is 23.8 Å². The second-order valence-electron chi connectivity index (χ2n) is 6.29. The number of nitrogens with zero attached hydrogens (tertiary/aromatic N) is 2. The van der Waals surface area contributed by atoms with E-state index in [-0.39, 0.29) is 11.4 Å². The zero-order chi connectivity index (χ0) is 21.3. The van der Waals surface area contributed by atoms with Crippen LogP contribution in [0.4, 0.5) is 11.4 Å². The third-order valence-corrected chi connectivity index (χ3v) is 6.17. The smallest absolute Gasteiger partial charge is 0.271 e. The second-order valence-corrected chi connectivity index (χ2v) is 9.30. The summed E-state index contributed by atoms with van der Waals surface area (Å²) in [4.78, 5) is 22.5. The van der Waals surface area contributed by atoms with Crippen LogP contribution in [0.3, 0.4) is 0 Å². The summed E-state index contributed by atoms with van der Waals surface area (Å²) in [7, 11) is -3.78. The van der Waals surface area contributed by atoms with Crippen molar-refractivity contribution in [2.75, 3.05) is 29.4 Å². The fraction of sp³-hybridized carbons (Fsp3) is 0.316. The van der Waals surface area contributed by atoms with Gasteiger partial charge in [0.05, 0.1) is 16.9 Å². The number of anilines is 1. The number of carbonyl (C=O) groups excluding carboxylic acids is 1. The fourth-order valence-corrected chi connectivity index (χ4v) is 4.28. The molecule has 0 spiro atoms. The molecule has 0 aliphatic carbocycles. The first-order valence-electron chi connectivity index (χ1n) is 8.88. The zero-order valence-electron chi connectivity index (χ0n) is 16.0. The van der Waals surface area contributed by atoms with E-state index < -0.39 is 27.4 Å². The van der Waals surface area contributed by atoms with Crippen LogP contribution in [0.25, 0.3) is 0 Å². The third kappa shape index (κ3) is 7.74. The fourth-order valence-electron chi connectivity index (χ4n) is 2.51. The predicted octanol–water partition coefficient (Wildman–Crippen LogP) is 2.80. The standard InChI is InChI=1S/C19H23N3O5S2/c1-29(26,27)21(17-9-5-10-18(13-17)22(24)25)14-19(23)20-11-6-12-28-15-16-7-3-2-4-8-16/h2-5,7-10,13H,6,11-12,14-15H2,1H3,(H,20,23). The summed E-state index contributed by atoms with van der Waals surface area (Å²) in [6.07, 6.45) is 1.71. The van der Waals surface area contributed by atoms with Gasteiger partial charge in [-0.05, 0) is 23.8 Å². The van der Waals surface area contributed by atoms with Crippen LogP contribution in [0.2, 0.25) is 0 Å². The number of nitro benzene ring substituents is 1. The molecule has 0 heterocycles. The third-order valence-electron chi connectivity index (χ3n) is 3.92. The number of nitrogens with one attached hydrogen (secondary N) is 1. The van der Waals surface area contributed by atoms with Crippen molar-refractivity contribution >= 4 is 39.1 Å². The van der Waals surface area contributed by atoms with Crippen molar-refractivity contribution in [3.8, 4) is 0 Å². The molecule has 0 aliphatic heterocycles. The van der Waals surface area contributed by atoms with Crippen molar-refractivity contribution in [1.82, 2.24) is 5.32 Å². The Labute approximate surface area is 174 Å². The van der Waals surface area contributed by atoms with Crippen LogP contribution in [0, 0.1) is 10.1 Å². The average Bonchev–Trinajstić information content (AvgIpc) is 2.68. The number of non-ortho nitro benzene ring substituents is 1. The minimum Gasteiger partial charge on any atom is -0.354 e. The zero-order valence-corrected chi connectivity index (χ0v) is 17.6. The molecule has 10 heteroatoms. The number of carbonyl (C=O) groups is 1. The van der Waals surface area contributed by atoms with Crippen LogP contribution >= 0.6 is 11.8 Å². The lowest BCUT2D eigenvalue weighted by Crippen LogP contribution is -2.40. The number of amides is 1. The first-order valence-corrected chi connectivity index (χ1v) is 11.9. The summed E-state index contributed by atoms with van der Waals surface area (Å²) in [5, 5.41) is 13.6. The lowest BCUT2D eigenvalue weighted by molar-refractivity contribution is -0.384. The Kier molecular flexibility index (Phi) is 8.47. The summed E-state index contributed by atoms with van der Waals surface area (Å²) in [6, 6.07) is 15.3. The number of rotatable bonds is 11. The van der Waals surface area contributed by atoms with Crippen LogP contribution in [0.5, 0.6) is 0 Å². The molecule has 0 aromatic heterocycles. The van der Waals surface area contributed by atoms with Crippen molar-refractivity contribution in [3.63, 3.8) is 0 Å². The summed E-state index contributed by atoms with van der Waals surface area (Å²) in [5.74, 6) is 1.29. The van der Waals surface area contributed by atoms with Gasteiger partial charge in [0.25, 0.3) is 5.69 Å². The molecule has 156 valence electrons. The van der Waals surface area contributed by atoms with Gasteiger partial charge < -0.3 is 5.32 Å². The number of thioether (sulfide) groups is 1. The molecule has 0 unspecified atom stereocenters. The molecule has 2 rings (SSSR count). The van der Waals surface area contributed by atoms with Crippen LogP contribution < -0.4 is 9.62 Å². The van der Waals surface area contributed by atoms with Gasteiger partial charge in [-0.1, -0.05) is 36.4 Å². The van der Waals surface area contributed by atoms with Crippen molar-refractivity contribution in [2.45, 2.75) is 12.2 Å². The van der Waals surface area contributed by atoms with E-state index in [0.29, 0.717) is 6.54 Å². The largest absolute Gasteiger partial charge is 0.354 e. The summed E-state index contributed by atoms with van der Waals surface area (Å²) in [5.41, 5.74) is 1.07. The van der Waals surface area contributed by atoms with Gasteiger partial charge in [-0.3, -0.25) is 19.2 Å². The van der Waals surface area contributed by atoms with Crippen molar-refractivity contribution in [3.05, 3.63) is 70.3 Å². The van der Waals surface area contributed by atoms with Gasteiger partial charge in [-0.25, -0.2) is 8.42 Å². The molecule has 8 nitrogen and oxygen atoms in total. The first-order chi connectivity index (χ1) is 13.8. The summed E-state index contributed by atoms with van der Waals surface area (Å²) in [6.45, 7) is -0.00960. The van der Waals surface area contributed by atoms with E-state index in [4.69, 9.17) is 0 Å². The topological polar surface area (TPSA) is 110 Å². The molecule has 2 aromatic rings. The van der Waals surface area contributed by atoms with Crippen LogP contribution in [0.15, 0.2) is 54.6 Å². The molecule has 0 radical (unpaired) electrons. The quantitative estimate of drug-likeness (QED) is 0.329. The molecule has 2 aromatic carbocycles. The van der Waals surface area contributed by atoms with Crippen molar-refractivity contribution in [2.24, 2.45) is 0 Å². The Hall–Kier alpha value is -2.59. The normalized spacial score (nSPS) is 11.1. The molecule has 0 aliphatic rings. The molecular weight excluding hydrogens is 414 g/mol. The predicted molar refractivity (Wildman–Crippen MR) is 116 cm³/mol. The highest BCUT2D eigenvalue weighted by atomic mass is 32.2. The van der Waals surface area contributed by atoms with E-state index in [0.717, 1.165) is 34.6 Å². The van der Waals surface area contributed by atoms with Gasteiger partial charge in [0, 0.05) is 24.4 Å². The maximum Gasteiger partial charge on any atom is 0.271 e. The highest BCUT2D eigenvalue weighted by molar-refractivity contribution is 7.98. The Morgan fingerprint density at radius 2 is 1.90 bits per heavy atom. The lowest BCUT2D eigenvalue weighted by atomic mass is 10.2. The second kappa shape index (κ2) is 10.8.